The number of hydrogen-bond acceptors (Lipinski definition) is 2. The molecule has 0 aromatic heterocycles. The van der Waals surface area contributed by atoms with Gasteiger partial charge in [-0.3, -0.25) is 0 Å². The van der Waals surface area contributed by atoms with Gasteiger partial charge in [0.05, 0.1) is 7.11 Å². The molecule has 1 saturated carbocycles. The van der Waals surface area contributed by atoms with Crippen LogP contribution in [0.5, 0.6) is 5.75 Å². The molecule has 2 aliphatic rings. The lowest BCUT2D eigenvalue weighted by atomic mass is 9.49. The molecule has 2 aromatic carbocycles. The largest absolute Gasteiger partial charge is 0.496 e. The average Bonchev–Trinajstić information content (AvgIpc) is 2.73. The fraction of sp³-hybridized carbons (Fsp3) is 0.571. The summed E-state index contributed by atoms with van der Waals surface area (Å²) in [7, 11) is 1.76. The predicted octanol–water partition coefficient (Wildman–Crippen LogP) is 6.62. The zero-order valence-corrected chi connectivity index (χ0v) is 19.6. The Morgan fingerprint density at radius 2 is 1.90 bits per heavy atom. The summed E-state index contributed by atoms with van der Waals surface area (Å²) in [5, 5.41) is 3.80. The van der Waals surface area contributed by atoms with Gasteiger partial charge in [0.1, 0.15) is 5.75 Å². The summed E-state index contributed by atoms with van der Waals surface area (Å²) in [5.74, 6) is 2.33. The van der Waals surface area contributed by atoms with Gasteiger partial charge in [0.2, 0.25) is 0 Å². The molecular weight excluding hydrogens is 366 g/mol. The molecule has 2 aromatic rings. The normalized spacial score (nSPS) is 28.1. The number of benzene rings is 2. The number of methoxy groups -OCH3 is 1. The molecule has 0 radical (unpaired) electrons. The molecule has 4 rings (SSSR count). The van der Waals surface area contributed by atoms with Crippen LogP contribution in [0.25, 0.3) is 0 Å². The first-order valence-corrected chi connectivity index (χ1v) is 11.8. The van der Waals surface area contributed by atoms with E-state index in [1.165, 1.54) is 43.2 Å². The van der Waals surface area contributed by atoms with Gasteiger partial charge in [0, 0.05) is 18.7 Å². The van der Waals surface area contributed by atoms with E-state index in [9.17, 15) is 0 Å². The van der Waals surface area contributed by atoms with Crippen LogP contribution in [0.15, 0.2) is 42.5 Å². The maximum Gasteiger partial charge on any atom is 0.123 e. The molecule has 0 aliphatic heterocycles. The van der Waals surface area contributed by atoms with Crippen molar-refractivity contribution in [2.75, 3.05) is 13.7 Å². The van der Waals surface area contributed by atoms with Gasteiger partial charge in [0.15, 0.2) is 0 Å². The van der Waals surface area contributed by atoms with Crippen LogP contribution in [0.2, 0.25) is 0 Å². The van der Waals surface area contributed by atoms with Gasteiger partial charge in [-0.25, -0.2) is 0 Å². The van der Waals surface area contributed by atoms with E-state index in [4.69, 9.17) is 4.74 Å². The molecule has 1 fully saturated rings. The van der Waals surface area contributed by atoms with Gasteiger partial charge in [0.25, 0.3) is 0 Å². The summed E-state index contributed by atoms with van der Waals surface area (Å²) in [6, 6.07) is 15.7. The summed E-state index contributed by atoms with van der Waals surface area (Å²) in [4.78, 5) is 0. The monoisotopic (exact) mass is 405 g/mol. The summed E-state index contributed by atoms with van der Waals surface area (Å²) < 4.78 is 5.54. The fourth-order valence-corrected chi connectivity index (χ4v) is 6.55. The number of para-hydroxylation sites is 1. The molecule has 30 heavy (non-hydrogen) atoms. The Morgan fingerprint density at radius 1 is 1.10 bits per heavy atom. The van der Waals surface area contributed by atoms with Crippen LogP contribution in [-0.4, -0.2) is 13.7 Å². The number of nitrogens with one attached hydrogen (secondary N) is 1. The van der Waals surface area contributed by atoms with Crippen LogP contribution in [0.4, 0.5) is 0 Å². The van der Waals surface area contributed by atoms with Crippen molar-refractivity contribution >= 4 is 0 Å². The van der Waals surface area contributed by atoms with E-state index in [1.54, 1.807) is 18.2 Å². The highest BCUT2D eigenvalue weighted by Gasteiger charge is 2.51. The third-order valence-corrected chi connectivity index (χ3v) is 8.20. The lowest BCUT2D eigenvalue weighted by Gasteiger charge is -2.55. The smallest absolute Gasteiger partial charge is 0.123 e. The SMILES string of the molecule is COc1ccccc1CNC[C@@]1(C)CCC[C@@]2(C)c3ccc(C(C)C)cc3CC[C@H]12. The summed E-state index contributed by atoms with van der Waals surface area (Å²) in [5.41, 5.74) is 6.64. The van der Waals surface area contributed by atoms with Crippen molar-refractivity contribution in [1.29, 1.82) is 0 Å². The Labute approximate surface area is 183 Å². The third kappa shape index (κ3) is 3.80. The summed E-state index contributed by atoms with van der Waals surface area (Å²) in [6.07, 6.45) is 6.53. The Balaban J connectivity index is 1.53. The molecule has 0 amide bonds. The number of ether oxygens (including phenoxy) is 1. The van der Waals surface area contributed by atoms with Crippen molar-refractivity contribution in [1.82, 2.24) is 5.32 Å². The minimum atomic E-state index is 0.308. The van der Waals surface area contributed by atoms with Crippen molar-refractivity contribution in [3.8, 4) is 5.75 Å². The number of rotatable bonds is 6. The molecule has 162 valence electrons. The molecule has 0 heterocycles. The van der Waals surface area contributed by atoms with Crippen LogP contribution in [0.1, 0.15) is 81.5 Å². The summed E-state index contributed by atoms with van der Waals surface area (Å²) in [6.45, 7) is 11.7. The first-order valence-electron chi connectivity index (χ1n) is 11.8. The molecule has 0 bridgehead atoms. The third-order valence-electron chi connectivity index (χ3n) is 8.20. The molecule has 2 aliphatic carbocycles. The minimum absolute atomic E-state index is 0.308. The van der Waals surface area contributed by atoms with E-state index in [2.05, 4.69) is 69.4 Å². The molecule has 2 heteroatoms. The number of hydrogen-bond donors (Lipinski definition) is 1. The molecule has 0 unspecified atom stereocenters. The summed E-state index contributed by atoms with van der Waals surface area (Å²) >= 11 is 0. The standard InChI is InChI=1S/C28H39NO/c1-20(2)21-11-13-24-22(17-21)12-14-26-27(3,15-8-16-28(24,26)4)19-29-18-23-9-6-7-10-25(23)30-5/h6-7,9-11,13,17,20,26,29H,8,12,14-16,18-19H2,1-5H3/t26-,27-,28+/m1/s1. The van der Waals surface area contributed by atoms with E-state index in [1.807, 2.05) is 6.07 Å². The molecule has 1 N–H and O–H groups in total. The Morgan fingerprint density at radius 3 is 2.67 bits per heavy atom. The van der Waals surface area contributed by atoms with Crippen LogP contribution in [-0.2, 0) is 18.4 Å². The zero-order chi connectivity index (χ0) is 21.4. The minimum Gasteiger partial charge on any atom is -0.496 e. The Kier molecular flexibility index (Phi) is 5.99. The van der Waals surface area contributed by atoms with Gasteiger partial charge in [-0.15, -0.1) is 0 Å². The van der Waals surface area contributed by atoms with Gasteiger partial charge in [-0.2, -0.15) is 0 Å². The molecule has 3 atom stereocenters. The first-order chi connectivity index (χ1) is 14.4. The average molecular weight is 406 g/mol. The maximum absolute atomic E-state index is 5.54. The second-order valence-corrected chi connectivity index (χ2v) is 10.5. The van der Waals surface area contributed by atoms with Gasteiger partial charge in [-0.1, -0.05) is 70.5 Å². The zero-order valence-electron chi connectivity index (χ0n) is 19.6. The highest BCUT2D eigenvalue weighted by atomic mass is 16.5. The van der Waals surface area contributed by atoms with Crippen LogP contribution in [0, 0.1) is 11.3 Å². The van der Waals surface area contributed by atoms with E-state index in [-0.39, 0.29) is 0 Å². The topological polar surface area (TPSA) is 21.3 Å². The van der Waals surface area contributed by atoms with Crippen molar-refractivity contribution in [2.45, 2.75) is 77.7 Å². The highest BCUT2D eigenvalue weighted by Crippen LogP contribution is 2.57. The van der Waals surface area contributed by atoms with Gasteiger partial charge < -0.3 is 10.1 Å². The van der Waals surface area contributed by atoms with Crippen molar-refractivity contribution in [3.05, 3.63) is 64.7 Å². The first kappa shape index (κ1) is 21.4. The molecule has 0 saturated heterocycles. The molecular formula is C28H39NO. The van der Waals surface area contributed by atoms with Gasteiger partial charge in [-0.05, 0) is 71.1 Å². The van der Waals surface area contributed by atoms with E-state index in [0.29, 0.717) is 16.7 Å². The number of aryl methyl sites for hydroxylation is 1. The van der Waals surface area contributed by atoms with Gasteiger partial charge >= 0.3 is 0 Å². The van der Waals surface area contributed by atoms with E-state index < -0.39 is 0 Å². The quantitative estimate of drug-likeness (QED) is 0.583. The number of fused-ring (bicyclic) bond motifs is 3. The highest BCUT2D eigenvalue weighted by molar-refractivity contribution is 5.42. The lowest BCUT2D eigenvalue weighted by Crippen LogP contribution is -2.52. The molecule has 2 nitrogen and oxygen atoms in total. The lowest BCUT2D eigenvalue weighted by molar-refractivity contribution is 0.0256. The maximum atomic E-state index is 5.54. The van der Waals surface area contributed by atoms with Crippen LogP contribution in [0.3, 0.4) is 0 Å². The Bertz CT molecular complexity index is 888. The molecule has 0 spiro atoms. The Hall–Kier alpha value is -1.80. The predicted molar refractivity (Wildman–Crippen MR) is 126 cm³/mol. The van der Waals surface area contributed by atoms with Crippen molar-refractivity contribution in [3.63, 3.8) is 0 Å². The van der Waals surface area contributed by atoms with E-state index in [0.717, 1.165) is 24.8 Å². The van der Waals surface area contributed by atoms with Crippen molar-refractivity contribution in [2.24, 2.45) is 11.3 Å². The van der Waals surface area contributed by atoms with Crippen LogP contribution >= 0.6 is 0 Å². The fourth-order valence-electron chi connectivity index (χ4n) is 6.55. The van der Waals surface area contributed by atoms with Crippen LogP contribution < -0.4 is 10.1 Å². The second-order valence-electron chi connectivity index (χ2n) is 10.5. The second kappa shape index (κ2) is 8.38. The van der Waals surface area contributed by atoms with E-state index >= 15 is 0 Å². The van der Waals surface area contributed by atoms with Crippen molar-refractivity contribution < 1.29 is 4.74 Å².